The Labute approximate surface area is 113 Å². The lowest BCUT2D eigenvalue weighted by molar-refractivity contribution is -0.153. The molecule has 0 radical (unpaired) electrons. The molecule has 1 heterocycles. The van der Waals surface area contributed by atoms with Crippen molar-refractivity contribution in [2.24, 2.45) is 11.3 Å². The molecular weight excluding hydrogens is 244 g/mol. The van der Waals surface area contributed by atoms with Gasteiger partial charge in [0.25, 0.3) is 0 Å². The third-order valence-electron chi connectivity index (χ3n) is 3.49. The Morgan fingerprint density at radius 1 is 1.42 bits per heavy atom. The molecule has 0 aliphatic carbocycles. The van der Waals surface area contributed by atoms with E-state index < -0.39 is 11.4 Å². The van der Waals surface area contributed by atoms with Crippen LogP contribution in [0.5, 0.6) is 0 Å². The number of carboxylic acid groups (broad SMARTS) is 1. The molecule has 0 aliphatic heterocycles. The number of carbonyl (C=O) groups excluding carboxylic acids is 1. The summed E-state index contributed by atoms with van der Waals surface area (Å²) >= 11 is 0. The number of amides is 1. The fraction of sp³-hybridized carbons (Fsp3) is 0.500. The molecule has 2 N–H and O–H groups in total. The summed E-state index contributed by atoms with van der Waals surface area (Å²) in [5.74, 6) is -1.41. The second-order valence-corrected chi connectivity index (χ2v) is 5.29. The monoisotopic (exact) mass is 264 g/mol. The summed E-state index contributed by atoms with van der Waals surface area (Å²) in [5, 5.41) is 11.9. The average molecular weight is 264 g/mol. The van der Waals surface area contributed by atoms with Crippen molar-refractivity contribution in [3.63, 3.8) is 0 Å². The number of hydrogen-bond donors (Lipinski definition) is 2. The number of aryl methyl sites for hydroxylation is 1. The van der Waals surface area contributed by atoms with E-state index in [2.05, 4.69) is 10.3 Å². The lowest BCUT2D eigenvalue weighted by Crippen LogP contribution is -2.37. The standard InChI is InChI=1S/C14H20N2O3/c1-9(2)14(4,13(18)19)7-12(17)16-11-6-5-10(3)15-8-11/h5-6,8-9H,7H2,1-4H3,(H,16,17)(H,18,19). The normalized spacial score (nSPS) is 13.9. The van der Waals surface area contributed by atoms with Crippen LogP contribution in [0.3, 0.4) is 0 Å². The molecule has 0 saturated heterocycles. The van der Waals surface area contributed by atoms with E-state index in [4.69, 9.17) is 0 Å². The molecule has 0 aromatic carbocycles. The first-order chi connectivity index (χ1) is 8.75. The van der Waals surface area contributed by atoms with Crippen LogP contribution in [0.1, 0.15) is 32.9 Å². The first kappa shape index (κ1) is 15.1. The molecule has 1 rings (SSSR count). The fourth-order valence-electron chi connectivity index (χ4n) is 1.61. The van der Waals surface area contributed by atoms with E-state index in [1.807, 2.05) is 6.92 Å². The van der Waals surface area contributed by atoms with Crippen molar-refractivity contribution < 1.29 is 14.7 Å². The van der Waals surface area contributed by atoms with Gasteiger partial charge < -0.3 is 10.4 Å². The van der Waals surface area contributed by atoms with E-state index in [0.717, 1.165) is 5.69 Å². The molecule has 5 nitrogen and oxygen atoms in total. The highest BCUT2D eigenvalue weighted by atomic mass is 16.4. The van der Waals surface area contributed by atoms with Gasteiger partial charge in [0.05, 0.1) is 17.3 Å². The topological polar surface area (TPSA) is 79.3 Å². The van der Waals surface area contributed by atoms with Gasteiger partial charge in [-0.1, -0.05) is 13.8 Å². The van der Waals surface area contributed by atoms with E-state index >= 15 is 0 Å². The first-order valence-corrected chi connectivity index (χ1v) is 6.21. The number of carboxylic acids is 1. The molecule has 104 valence electrons. The summed E-state index contributed by atoms with van der Waals surface area (Å²) in [6.45, 7) is 7.04. The highest BCUT2D eigenvalue weighted by molar-refractivity contribution is 5.94. The van der Waals surface area contributed by atoms with Crippen LogP contribution in [0.4, 0.5) is 5.69 Å². The largest absolute Gasteiger partial charge is 0.481 e. The molecule has 0 fully saturated rings. The summed E-state index contributed by atoms with van der Waals surface area (Å²) in [6, 6.07) is 3.53. The van der Waals surface area contributed by atoms with Crippen LogP contribution in [-0.2, 0) is 9.59 Å². The zero-order valence-corrected chi connectivity index (χ0v) is 11.7. The summed E-state index contributed by atoms with van der Waals surface area (Å²) < 4.78 is 0. The number of hydrogen-bond acceptors (Lipinski definition) is 3. The Morgan fingerprint density at radius 2 is 2.05 bits per heavy atom. The van der Waals surface area contributed by atoms with Gasteiger partial charge in [-0.05, 0) is 31.9 Å². The van der Waals surface area contributed by atoms with Gasteiger partial charge in [-0.15, -0.1) is 0 Å². The Kier molecular flexibility index (Phi) is 4.64. The van der Waals surface area contributed by atoms with Gasteiger partial charge in [-0.3, -0.25) is 14.6 Å². The van der Waals surface area contributed by atoms with Crippen LogP contribution in [-0.4, -0.2) is 22.0 Å². The Balaban J connectivity index is 2.74. The van der Waals surface area contributed by atoms with Crippen molar-refractivity contribution in [1.29, 1.82) is 0 Å². The zero-order valence-electron chi connectivity index (χ0n) is 11.7. The lowest BCUT2D eigenvalue weighted by atomic mass is 9.76. The summed E-state index contributed by atoms with van der Waals surface area (Å²) in [5.41, 5.74) is 0.366. The smallest absolute Gasteiger partial charge is 0.310 e. The molecule has 1 aromatic rings. The predicted molar refractivity (Wildman–Crippen MR) is 72.8 cm³/mol. The fourth-order valence-corrected chi connectivity index (χ4v) is 1.61. The number of nitrogens with zero attached hydrogens (tertiary/aromatic N) is 1. The molecule has 1 amide bonds. The molecule has 0 saturated carbocycles. The predicted octanol–water partition coefficient (Wildman–Crippen LogP) is 2.47. The van der Waals surface area contributed by atoms with Gasteiger partial charge in [0, 0.05) is 12.1 Å². The van der Waals surface area contributed by atoms with Crippen LogP contribution in [0.25, 0.3) is 0 Å². The summed E-state index contributed by atoms with van der Waals surface area (Å²) in [7, 11) is 0. The van der Waals surface area contributed by atoms with Gasteiger partial charge in [0.2, 0.25) is 5.91 Å². The summed E-state index contributed by atoms with van der Waals surface area (Å²) in [6.07, 6.45) is 1.49. The Hall–Kier alpha value is -1.91. The van der Waals surface area contributed by atoms with Gasteiger partial charge in [0.1, 0.15) is 0 Å². The van der Waals surface area contributed by atoms with Gasteiger partial charge in [-0.2, -0.15) is 0 Å². The van der Waals surface area contributed by atoms with Crippen molar-refractivity contribution in [2.75, 3.05) is 5.32 Å². The van der Waals surface area contributed by atoms with Crippen LogP contribution >= 0.6 is 0 Å². The van der Waals surface area contributed by atoms with Gasteiger partial charge >= 0.3 is 5.97 Å². The molecule has 1 atom stereocenters. The minimum Gasteiger partial charge on any atom is -0.481 e. The van der Waals surface area contributed by atoms with Crippen molar-refractivity contribution in [3.8, 4) is 0 Å². The SMILES string of the molecule is Cc1ccc(NC(=O)CC(C)(C(=O)O)C(C)C)cn1. The Bertz CT molecular complexity index is 468. The molecule has 1 unspecified atom stereocenters. The average Bonchev–Trinajstić information content (AvgIpc) is 2.31. The molecule has 1 aromatic heterocycles. The van der Waals surface area contributed by atoms with Crippen molar-refractivity contribution in [3.05, 3.63) is 24.0 Å². The van der Waals surface area contributed by atoms with Crippen molar-refractivity contribution >= 4 is 17.6 Å². The maximum Gasteiger partial charge on any atom is 0.310 e. The number of carbonyl (C=O) groups is 2. The highest BCUT2D eigenvalue weighted by Gasteiger charge is 2.38. The van der Waals surface area contributed by atoms with Crippen molar-refractivity contribution in [1.82, 2.24) is 4.98 Å². The quantitative estimate of drug-likeness (QED) is 0.856. The molecule has 0 bridgehead atoms. The van der Waals surface area contributed by atoms with Crippen molar-refractivity contribution in [2.45, 2.75) is 34.1 Å². The van der Waals surface area contributed by atoms with Crippen LogP contribution < -0.4 is 5.32 Å². The number of rotatable bonds is 5. The van der Waals surface area contributed by atoms with E-state index in [-0.39, 0.29) is 18.2 Å². The molecule has 0 spiro atoms. The maximum atomic E-state index is 11.9. The second-order valence-electron chi connectivity index (χ2n) is 5.29. The number of pyridine rings is 1. The van der Waals surface area contributed by atoms with E-state index in [1.54, 1.807) is 39.1 Å². The number of aromatic nitrogens is 1. The number of anilines is 1. The number of aliphatic carboxylic acids is 1. The van der Waals surface area contributed by atoms with Crippen LogP contribution in [0.2, 0.25) is 0 Å². The maximum absolute atomic E-state index is 11.9. The number of nitrogens with one attached hydrogen (secondary N) is 1. The molecule has 5 heteroatoms. The van der Waals surface area contributed by atoms with Crippen LogP contribution in [0.15, 0.2) is 18.3 Å². The highest BCUT2D eigenvalue weighted by Crippen LogP contribution is 2.31. The van der Waals surface area contributed by atoms with E-state index in [1.165, 1.54) is 0 Å². The molecule has 19 heavy (non-hydrogen) atoms. The summed E-state index contributed by atoms with van der Waals surface area (Å²) in [4.78, 5) is 27.3. The molecule has 0 aliphatic rings. The lowest BCUT2D eigenvalue weighted by Gasteiger charge is -2.28. The van der Waals surface area contributed by atoms with E-state index in [0.29, 0.717) is 5.69 Å². The second kappa shape index (κ2) is 5.82. The van der Waals surface area contributed by atoms with E-state index in [9.17, 15) is 14.7 Å². The molecular formula is C14H20N2O3. The third-order valence-corrected chi connectivity index (χ3v) is 3.49. The minimum atomic E-state index is -1.07. The first-order valence-electron chi connectivity index (χ1n) is 6.21. The minimum absolute atomic E-state index is 0.0616. The van der Waals surface area contributed by atoms with Gasteiger partial charge in [0.15, 0.2) is 0 Å². The van der Waals surface area contributed by atoms with Gasteiger partial charge in [-0.25, -0.2) is 0 Å². The Morgan fingerprint density at radius 3 is 2.47 bits per heavy atom. The van der Waals surface area contributed by atoms with Crippen LogP contribution in [0, 0.1) is 18.3 Å². The third kappa shape index (κ3) is 3.77. The zero-order chi connectivity index (χ0) is 14.6.